The minimum Gasteiger partial charge on any atom is -0.381 e. The summed E-state index contributed by atoms with van der Waals surface area (Å²) in [6.45, 7) is 5.99. The number of amides is 1. The van der Waals surface area contributed by atoms with E-state index in [2.05, 4.69) is 4.90 Å². The average Bonchev–Trinajstić information content (AvgIpc) is 3.27. The van der Waals surface area contributed by atoms with Gasteiger partial charge in [0.25, 0.3) is 0 Å². The number of carbonyl (C=O) groups excluding carboxylic acids is 1. The standard InChI is InChI=1S/C19H25FN2O2/c20-17-3-1-2-15(10-17)12-22-8-6-19(18(22)23)5-7-21(14-19)11-16-4-9-24-13-16/h1-3,10,16H,4-9,11-14H2/t16-,19+/m0/s1. The lowest BCUT2D eigenvalue weighted by atomic mass is 9.85. The summed E-state index contributed by atoms with van der Waals surface area (Å²) in [6, 6.07) is 6.57. The minimum absolute atomic E-state index is 0.202. The van der Waals surface area contributed by atoms with Crippen LogP contribution < -0.4 is 0 Å². The topological polar surface area (TPSA) is 32.8 Å². The van der Waals surface area contributed by atoms with Gasteiger partial charge in [-0.2, -0.15) is 0 Å². The summed E-state index contributed by atoms with van der Waals surface area (Å²) >= 11 is 0. The Kier molecular flexibility index (Phi) is 4.31. The number of nitrogens with zero attached hydrogens (tertiary/aromatic N) is 2. The number of carbonyl (C=O) groups is 1. The molecule has 24 heavy (non-hydrogen) atoms. The van der Waals surface area contributed by atoms with E-state index in [1.807, 2.05) is 11.0 Å². The fourth-order valence-corrected chi connectivity index (χ4v) is 4.48. The van der Waals surface area contributed by atoms with Gasteiger partial charge >= 0.3 is 0 Å². The van der Waals surface area contributed by atoms with E-state index in [1.54, 1.807) is 6.07 Å². The van der Waals surface area contributed by atoms with Gasteiger partial charge in [-0.25, -0.2) is 4.39 Å². The molecule has 0 aliphatic carbocycles. The van der Waals surface area contributed by atoms with Crippen molar-refractivity contribution in [1.82, 2.24) is 9.80 Å². The number of hydrogen-bond donors (Lipinski definition) is 0. The van der Waals surface area contributed by atoms with E-state index in [1.165, 1.54) is 12.1 Å². The van der Waals surface area contributed by atoms with E-state index >= 15 is 0 Å². The Bertz CT molecular complexity index is 617. The van der Waals surface area contributed by atoms with Gasteiger partial charge < -0.3 is 14.5 Å². The molecule has 3 saturated heterocycles. The number of hydrogen-bond acceptors (Lipinski definition) is 3. The lowest BCUT2D eigenvalue weighted by Crippen LogP contribution is -2.37. The van der Waals surface area contributed by atoms with E-state index in [0.717, 1.165) is 64.2 Å². The molecule has 1 aromatic carbocycles. The minimum atomic E-state index is -0.236. The second-order valence-corrected chi connectivity index (χ2v) is 7.60. The van der Waals surface area contributed by atoms with Crippen LogP contribution in [0, 0.1) is 17.2 Å². The van der Waals surface area contributed by atoms with Crippen LogP contribution in [0.4, 0.5) is 4.39 Å². The van der Waals surface area contributed by atoms with Crippen molar-refractivity contribution in [3.8, 4) is 0 Å². The molecule has 0 radical (unpaired) electrons. The molecule has 4 rings (SSSR count). The number of halogens is 1. The summed E-state index contributed by atoms with van der Waals surface area (Å²) in [5, 5.41) is 0. The van der Waals surface area contributed by atoms with Crippen LogP contribution in [0.3, 0.4) is 0 Å². The highest BCUT2D eigenvalue weighted by Gasteiger charge is 2.50. The second-order valence-electron chi connectivity index (χ2n) is 7.60. The molecule has 0 bridgehead atoms. The predicted octanol–water partition coefficient (Wildman–Crippen LogP) is 2.29. The molecule has 0 saturated carbocycles. The van der Waals surface area contributed by atoms with E-state index in [-0.39, 0.29) is 17.1 Å². The summed E-state index contributed by atoms with van der Waals surface area (Å²) < 4.78 is 18.8. The predicted molar refractivity (Wildman–Crippen MR) is 88.9 cm³/mol. The number of ether oxygens (including phenoxy) is 1. The molecule has 3 aliphatic rings. The third kappa shape index (κ3) is 3.07. The highest BCUT2D eigenvalue weighted by atomic mass is 19.1. The summed E-state index contributed by atoms with van der Waals surface area (Å²) in [5.41, 5.74) is 0.672. The third-order valence-electron chi connectivity index (χ3n) is 5.84. The zero-order valence-corrected chi connectivity index (χ0v) is 14.0. The van der Waals surface area contributed by atoms with Crippen molar-refractivity contribution in [3.63, 3.8) is 0 Å². The Morgan fingerprint density at radius 2 is 2.17 bits per heavy atom. The summed E-state index contributed by atoms with van der Waals surface area (Å²) in [7, 11) is 0. The molecule has 1 spiro atoms. The van der Waals surface area contributed by atoms with Crippen molar-refractivity contribution in [1.29, 1.82) is 0 Å². The molecule has 0 unspecified atom stereocenters. The molecular weight excluding hydrogens is 307 g/mol. The Labute approximate surface area is 142 Å². The SMILES string of the molecule is O=C1N(Cc2cccc(F)c2)CC[C@@]12CCN(C[C@@H]1CCOC1)C2. The first kappa shape index (κ1) is 16.0. The number of rotatable bonds is 4. The summed E-state index contributed by atoms with van der Waals surface area (Å²) in [6.07, 6.45) is 3.03. The molecule has 1 aromatic rings. The number of likely N-dealkylation sites (tertiary alicyclic amines) is 2. The lowest BCUT2D eigenvalue weighted by molar-refractivity contribution is -0.136. The van der Waals surface area contributed by atoms with Gasteiger partial charge in [0.15, 0.2) is 0 Å². The molecule has 3 aliphatic heterocycles. The highest BCUT2D eigenvalue weighted by Crippen LogP contribution is 2.41. The Morgan fingerprint density at radius 1 is 1.29 bits per heavy atom. The Balaban J connectivity index is 1.38. The first-order chi connectivity index (χ1) is 11.6. The van der Waals surface area contributed by atoms with Crippen molar-refractivity contribution in [2.24, 2.45) is 11.3 Å². The van der Waals surface area contributed by atoms with Gasteiger partial charge in [0.05, 0.1) is 12.0 Å². The fraction of sp³-hybridized carbons (Fsp3) is 0.632. The van der Waals surface area contributed by atoms with Crippen LogP contribution in [-0.2, 0) is 16.1 Å². The highest BCUT2D eigenvalue weighted by molar-refractivity contribution is 5.85. The normalized spacial score (nSPS) is 30.8. The van der Waals surface area contributed by atoms with Gasteiger partial charge in [-0.15, -0.1) is 0 Å². The van der Waals surface area contributed by atoms with Crippen molar-refractivity contribution < 1.29 is 13.9 Å². The molecule has 0 N–H and O–H groups in total. The van der Waals surface area contributed by atoms with E-state index in [4.69, 9.17) is 4.74 Å². The van der Waals surface area contributed by atoms with Crippen molar-refractivity contribution in [2.45, 2.75) is 25.8 Å². The Morgan fingerprint density at radius 3 is 2.96 bits per heavy atom. The molecule has 4 nitrogen and oxygen atoms in total. The van der Waals surface area contributed by atoms with E-state index in [9.17, 15) is 9.18 Å². The van der Waals surface area contributed by atoms with Gasteiger partial charge in [-0.1, -0.05) is 12.1 Å². The van der Waals surface area contributed by atoms with Gasteiger partial charge in [0.1, 0.15) is 5.82 Å². The van der Waals surface area contributed by atoms with Crippen LogP contribution in [0.5, 0.6) is 0 Å². The van der Waals surface area contributed by atoms with Crippen LogP contribution in [0.25, 0.3) is 0 Å². The lowest BCUT2D eigenvalue weighted by Gasteiger charge is -2.25. The average molecular weight is 332 g/mol. The maximum Gasteiger partial charge on any atom is 0.230 e. The van der Waals surface area contributed by atoms with E-state index < -0.39 is 0 Å². The smallest absolute Gasteiger partial charge is 0.230 e. The number of benzene rings is 1. The zero-order valence-electron chi connectivity index (χ0n) is 14.0. The van der Waals surface area contributed by atoms with Crippen LogP contribution in [-0.4, -0.2) is 55.1 Å². The molecule has 2 atom stereocenters. The first-order valence-electron chi connectivity index (χ1n) is 8.99. The van der Waals surface area contributed by atoms with Gasteiger partial charge in [0, 0.05) is 32.8 Å². The Hall–Kier alpha value is -1.46. The van der Waals surface area contributed by atoms with Crippen LogP contribution >= 0.6 is 0 Å². The molecular formula is C19H25FN2O2. The molecule has 3 heterocycles. The maximum absolute atomic E-state index is 13.4. The maximum atomic E-state index is 13.4. The van der Waals surface area contributed by atoms with E-state index in [0.29, 0.717) is 12.5 Å². The van der Waals surface area contributed by atoms with Crippen molar-refractivity contribution in [3.05, 3.63) is 35.6 Å². The van der Waals surface area contributed by atoms with Crippen LogP contribution in [0.15, 0.2) is 24.3 Å². The molecule has 130 valence electrons. The van der Waals surface area contributed by atoms with Crippen molar-refractivity contribution in [2.75, 3.05) is 39.4 Å². The molecule has 1 amide bonds. The third-order valence-corrected chi connectivity index (χ3v) is 5.84. The van der Waals surface area contributed by atoms with Crippen LogP contribution in [0.1, 0.15) is 24.8 Å². The largest absolute Gasteiger partial charge is 0.381 e. The summed E-state index contributed by atoms with van der Waals surface area (Å²) in [4.78, 5) is 17.3. The van der Waals surface area contributed by atoms with Crippen molar-refractivity contribution >= 4 is 5.91 Å². The summed E-state index contributed by atoms with van der Waals surface area (Å²) in [5.74, 6) is 0.650. The molecule has 5 heteroatoms. The molecule has 0 aromatic heterocycles. The van der Waals surface area contributed by atoms with Gasteiger partial charge in [0.2, 0.25) is 5.91 Å². The fourth-order valence-electron chi connectivity index (χ4n) is 4.48. The molecule has 3 fully saturated rings. The first-order valence-corrected chi connectivity index (χ1v) is 8.99. The quantitative estimate of drug-likeness (QED) is 0.848. The monoisotopic (exact) mass is 332 g/mol. The second kappa shape index (κ2) is 6.45. The van der Waals surface area contributed by atoms with Gasteiger partial charge in [-0.05, 0) is 49.4 Å². The zero-order chi connectivity index (χ0) is 16.6. The van der Waals surface area contributed by atoms with Crippen LogP contribution in [0.2, 0.25) is 0 Å². The van der Waals surface area contributed by atoms with Gasteiger partial charge in [-0.3, -0.25) is 4.79 Å².